The zero-order chi connectivity index (χ0) is 28.4. The van der Waals surface area contributed by atoms with Crippen LogP contribution in [-0.2, 0) is 9.53 Å². The minimum atomic E-state index is -0.760. The van der Waals surface area contributed by atoms with Gasteiger partial charge in [-0.15, -0.1) is 5.10 Å². The van der Waals surface area contributed by atoms with E-state index in [-0.39, 0.29) is 40.2 Å². The SMILES string of the molecule is C=C(F)/C(=C(\C=NC)NC(=O)c1c(N)nn2cc(F)cnc12)N1CCC(C(=O)N2CCN(C3COC3)CC2)CC1. The molecule has 0 bridgehead atoms. The van der Waals surface area contributed by atoms with Crippen LogP contribution in [-0.4, -0.2) is 113 Å². The number of aliphatic imine (C=N–C) groups is 1. The minimum Gasteiger partial charge on any atom is -0.381 e. The Kier molecular flexibility index (Phi) is 8.07. The first-order valence-corrected chi connectivity index (χ1v) is 13.2. The number of hydrogen-bond donors (Lipinski definition) is 2. The number of allylic oxidation sites excluding steroid dienone is 2. The summed E-state index contributed by atoms with van der Waals surface area (Å²) in [6, 6.07) is 0.462. The lowest BCUT2D eigenvalue weighted by molar-refractivity contribution is -0.141. The molecule has 12 nitrogen and oxygen atoms in total. The van der Waals surface area contributed by atoms with Crippen LogP contribution in [0.4, 0.5) is 14.6 Å². The van der Waals surface area contributed by atoms with Crippen molar-refractivity contribution in [2.45, 2.75) is 18.9 Å². The van der Waals surface area contributed by atoms with E-state index in [9.17, 15) is 18.4 Å². The molecule has 2 aromatic rings. The van der Waals surface area contributed by atoms with Crippen molar-refractivity contribution in [1.29, 1.82) is 0 Å². The van der Waals surface area contributed by atoms with Crippen LogP contribution in [0.1, 0.15) is 23.2 Å². The van der Waals surface area contributed by atoms with Gasteiger partial charge in [-0.05, 0) is 12.8 Å². The van der Waals surface area contributed by atoms with E-state index in [0.29, 0.717) is 45.1 Å². The van der Waals surface area contributed by atoms with E-state index in [1.165, 1.54) is 13.3 Å². The van der Waals surface area contributed by atoms with Crippen LogP contribution in [0.25, 0.3) is 5.65 Å². The van der Waals surface area contributed by atoms with Gasteiger partial charge in [0.05, 0.1) is 43.0 Å². The Bertz CT molecular complexity index is 1350. The predicted molar refractivity (Wildman–Crippen MR) is 144 cm³/mol. The van der Waals surface area contributed by atoms with Crippen LogP contribution in [0.2, 0.25) is 0 Å². The fourth-order valence-electron chi connectivity index (χ4n) is 5.45. The van der Waals surface area contributed by atoms with Crippen molar-refractivity contribution in [3.63, 3.8) is 0 Å². The molecule has 3 aliphatic heterocycles. The highest BCUT2D eigenvalue weighted by Gasteiger charge is 2.35. The number of nitrogens with one attached hydrogen (secondary N) is 1. The Morgan fingerprint density at radius 3 is 2.48 bits per heavy atom. The van der Waals surface area contributed by atoms with E-state index in [1.807, 2.05) is 4.90 Å². The van der Waals surface area contributed by atoms with Gasteiger partial charge in [0.2, 0.25) is 5.91 Å². The number of amides is 2. The number of carbonyl (C=O) groups is 2. The van der Waals surface area contributed by atoms with E-state index in [4.69, 9.17) is 10.5 Å². The molecular weight excluding hydrogens is 524 g/mol. The normalized spacial score (nSPS) is 20.1. The second-order valence-electron chi connectivity index (χ2n) is 10.1. The largest absolute Gasteiger partial charge is 0.381 e. The zero-order valence-corrected chi connectivity index (χ0v) is 22.4. The van der Waals surface area contributed by atoms with Crippen molar-refractivity contribution < 1.29 is 23.1 Å². The first kappa shape index (κ1) is 27.6. The predicted octanol–water partition coefficient (Wildman–Crippen LogP) is 0.831. The Balaban J connectivity index is 1.27. The fourth-order valence-corrected chi connectivity index (χ4v) is 5.45. The summed E-state index contributed by atoms with van der Waals surface area (Å²) in [5, 5.41) is 6.58. The second-order valence-corrected chi connectivity index (χ2v) is 10.1. The number of fused-ring (bicyclic) bond motifs is 1. The number of piperidine rings is 1. The van der Waals surface area contributed by atoms with E-state index >= 15 is 0 Å². The van der Waals surface area contributed by atoms with Gasteiger partial charge in [0.1, 0.15) is 11.4 Å². The smallest absolute Gasteiger partial charge is 0.263 e. The lowest BCUT2D eigenvalue weighted by atomic mass is 9.94. The molecule has 2 aromatic heterocycles. The highest BCUT2D eigenvalue weighted by molar-refractivity contribution is 6.07. The molecule has 3 aliphatic rings. The molecule has 0 atom stereocenters. The quantitative estimate of drug-likeness (QED) is 0.378. The lowest BCUT2D eigenvalue weighted by Gasteiger charge is -2.43. The summed E-state index contributed by atoms with van der Waals surface area (Å²) >= 11 is 0. The number of piperazine rings is 1. The van der Waals surface area contributed by atoms with Gasteiger partial charge >= 0.3 is 0 Å². The summed E-state index contributed by atoms with van der Waals surface area (Å²) in [7, 11) is 1.49. The van der Waals surface area contributed by atoms with Crippen molar-refractivity contribution in [2.24, 2.45) is 10.9 Å². The molecule has 0 spiro atoms. The van der Waals surface area contributed by atoms with Crippen LogP contribution >= 0.6 is 0 Å². The maximum atomic E-state index is 14.9. The van der Waals surface area contributed by atoms with Gasteiger partial charge in [-0.1, -0.05) is 6.58 Å². The lowest BCUT2D eigenvalue weighted by Crippen LogP contribution is -2.58. The highest BCUT2D eigenvalue weighted by atomic mass is 19.1. The zero-order valence-electron chi connectivity index (χ0n) is 22.4. The van der Waals surface area contributed by atoms with E-state index in [2.05, 4.69) is 31.9 Å². The molecule has 3 saturated heterocycles. The third kappa shape index (κ3) is 5.54. The summed E-state index contributed by atoms with van der Waals surface area (Å²) < 4.78 is 34.8. The molecular formula is C26H33F2N9O3. The number of ether oxygens (including phenoxy) is 1. The van der Waals surface area contributed by atoms with Crippen LogP contribution in [0.5, 0.6) is 0 Å². The number of rotatable bonds is 7. The van der Waals surface area contributed by atoms with Gasteiger partial charge in [-0.3, -0.25) is 19.5 Å². The number of likely N-dealkylation sites (tertiary alicyclic amines) is 1. The summed E-state index contributed by atoms with van der Waals surface area (Å²) in [5.74, 6) is -2.31. The second kappa shape index (κ2) is 11.7. The number of nitrogens with two attached hydrogens (primary N) is 1. The Morgan fingerprint density at radius 2 is 1.88 bits per heavy atom. The van der Waals surface area contributed by atoms with E-state index < -0.39 is 17.6 Å². The van der Waals surface area contributed by atoms with Gasteiger partial charge in [0, 0.05) is 58.4 Å². The van der Waals surface area contributed by atoms with E-state index in [0.717, 1.165) is 43.2 Å². The first-order valence-electron chi connectivity index (χ1n) is 13.2. The molecule has 2 amide bonds. The summed E-state index contributed by atoms with van der Waals surface area (Å²) in [6.07, 6.45) is 4.38. The fraction of sp³-hybridized carbons (Fsp3) is 0.500. The monoisotopic (exact) mass is 557 g/mol. The molecule has 0 unspecified atom stereocenters. The van der Waals surface area contributed by atoms with Gasteiger partial charge in [0.15, 0.2) is 17.3 Å². The summed E-state index contributed by atoms with van der Waals surface area (Å²) in [6.45, 7) is 8.86. The van der Waals surface area contributed by atoms with Gasteiger partial charge in [0.25, 0.3) is 5.91 Å². The summed E-state index contributed by atoms with van der Waals surface area (Å²) in [5.41, 5.74) is 6.02. The van der Waals surface area contributed by atoms with E-state index in [1.54, 1.807) is 4.90 Å². The van der Waals surface area contributed by atoms with Gasteiger partial charge < -0.3 is 25.6 Å². The van der Waals surface area contributed by atoms with Crippen LogP contribution in [0.3, 0.4) is 0 Å². The summed E-state index contributed by atoms with van der Waals surface area (Å²) in [4.78, 5) is 40.4. The molecule has 214 valence electrons. The average Bonchev–Trinajstić information content (AvgIpc) is 3.23. The van der Waals surface area contributed by atoms with Crippen molar-refractivity contribution in [3.05, 3.63) is 47.6 Å². The molecule has 14 heteroatoms. The molecule has 0 aliphatic carbocycles. The molecule has 5 rings (SSSR count). The van der Waals surface area contributed by atoms with Crippen LogP contribution in [0, 0.1) is 11.7 Å². The molecule has 5 heterocycles. The van der Waals surface area contributed by atoms with Crippen LogP contribution in [0.15, 0.2) is 41.2 Å². The maximum Gasteiger partial charge on any atom is 0.263 e. The molecule has 0 saturated carbocycles. The van der Waals surface area contributed by atoms with Crippen LogP contribution < -0.4 is 11.1 Å². The third-order valence-corrected chi connectivity index (χ3v) is 7.64. The first-order chi connectivity index (χ1) is 19.3. The topological polar surface area (TPSA) is 134 Å². The molecule has 0 aromatic carbocycles. The molecule has 40 heavy (non-hydrogen) atoms. The number of carbonyl (C=O) groups excluding carboxylic acids is 2. The number of anilines is 1. The average molecular weight is 558 g/mol. The standard InChI is InChI=1S/C26H33F2N9O3/c1-16(27)22(20(12-30-2)32-25(38)21-23(29)33-37-13-18(28)11-31-24(21)37)35-5-3-17(4-6-35)26(39)36-9-7-34(8-10-36)19-14-40-15-19/h11-13,17,19H,1,3-10,14-15H2,2H3,(H2,29,33)(H,32,38)/b22-20-,30-12?. The number of aromatic nitrogens is 3. The number of hydrogen-bond acceptors (Lipinski definition) is 9. The van der Waals surface area contributed by atoms with Gasteiger partial charge in [-0.25, -0.2) is 18.3 Å². The molecule has 3 fully saturated rings. The Labute approximate surface area is 230 Å². The van der Waals surface area contributed by atoms with Crippen molar-refractivity contribution >= 4 is 29.5 Å². The van der Waals surface area contributed by atoms with Crippen molar-refractivity contribution in [1.82, 2.24) is 34.6 Å². The van der Waals surface area contributed by atoms with Crippen molar-refractivity contribution in [3.8, 4) is 0 Å². The molecule has 0 radical (unpaired) electrons. The minimum absolute atomic E-state index is 0.0472. The molecule has 3 N–H and O–H groups in total. The third-order valence-electron chi connectivity index (χ3n) is 7.64. The number of nitrogens with zero attached hydrogens (tertiary/aromatic N) is 7. The number of halogens is 2. The Hall–Kier alpha value is -3.91. The van der Waals surface area contributed by atoms with Crippen molar-refractivity contribution in [2.75, 3.05) is 65.3 Å². The van der Waals surface area contributed by atoms with Gasteiger partial charge in [-0.2, -0.15) is 0 Å². The number of nitrogen functional groups attached to an aromatic ring is 1. The maximum absolute atomic E-state index is 14.9. The highest BCUT2D eigenvalue weighted by Crippen LogP contribution is 2.28. The Morgan fingerprint density at radius 1 is 1.18 bits per heavy atom.